The number of ether oxygens (including phenoxy) is 3. The third-order valence-electron chi connectivity index (χ3n) is 4.67. The Bertz CT molecular complexity index is 819. The summed E-state index contributed by atoms with van der Waals surface area (Å²) in [5, 5.41) is 20.7. The van der Waals surface area contributed by atoms with Crippen LogP contribution in [0, 0.1) is 0 Å². The molecule has 7 nitrogen and oxygen atoms in total. The van der Waals surface area contributed by atoms with Crippen LogP contribution in [0.25, 0.3) is 0 Å². The fraction of sp³-hybridized carbons (Fsp3) is 0.333. The second-order valence-electron chi connectivity index (χ2n) is 6.85. The van der Waals surface area contributed by atoms with E-state index in [-0.39, 0.29) is 5.56 Å². The second kappa shape index (κ2) is 8.10. The van der Waals surface area contributed by atoms with Gasteiger partial charge >= 0.3 is 11.9 Å². The van der Waals surface area contributed by atoms with Crippen LogP contribution in [0.3, 0.4) is 0 Å². The molecule has 3 rings (SSSR count). The molecule has 0 aromatic heterocycles. The number of carbonyl (C=O) groups is 2. The van der Waals surface area contributed by atoms with E-state index < -0.39 is 42.1 Å². The van der Waals surface area contributed by atoms with Gasteiger partial charge in [0, 0.05) is 0 Å². The zero-order chi connectivity index (χ0) is 20.3. The van der Waals surface area contributed by atoms with E-state index in [2.05, 4.69) is 0 Å². The average Bonchev–Trinajstić information content (AvgIpc) is 2.92. The molecule has 1 aliphatic rings. The standard InChI is InChI=1S/C21H22O7/c1-13(26-18(22)14-9-5-3-6-10-14)16-17(21(2,25)20(24)27-16)28-19(23)15-11-7-4-8-12-15/h3-13,16-17,20,24-25H,1-2H3/t13-,16-,17+,20?,21-/m1/s1. The number of rotatable bonds is 5. The molecule has 1 aliphatic heterocycles. The normalized spacial score (nSPS) is 27.8. The fourth-order valence-corrected chi connectivity index (χ4v) is 3.01. The molecule has 2 aromatic carbocycles. The molecule has 1 heterocycles. The van der Waals surface area contributed by atoms with Gasteiger partial charge in [0.25, 0.3) is 0 Å². The maximum atomic E-state index is 12.4. The van der Waals surface area contributed by atoms with E-state index in [9.17, 15) is 19.8 Å². The summed E-state index contributed by atoms with van der Waals surface area (Å²) < 4.78 is 16.2. The molecule has 2 aromatic rings. The highest BCUT2D eigenvalue weighted by atomic mass is 16.7. The molecule has 0 spiro atoms. The highest BCUT2D eigenvalue weighted by Gasteiger charge is 2.57. The first-order valence-electron chi connectivity index (χ1n) is 8.88. The Hall–Kier alpha value is -2.74. The third kappa shape index (κ3) is 4.06. The van der Waals surface area contributed by atoms with Crippen LogP contribution in [0.2, 0.25) is 0 Å². The van der Waals surface area contributed by atoms with Crippen LogP contribution in [0.4, 0.5) is 0 Å². The predicted molar refractivity (Wildman–Crippen MR) is 98.5 cm³/mol. The van der Waals surface area contributed by atoms with Gasteiger partial charge in [-0.15, -0.1) is 0 Å². The molecule has 0 amide bonds. The van der Waals surface area contributed by atoms with Gasteiger partial charge in [-0.1, -0.05) is 36.4 Å². The Labute approximate surface area is 162 Å². The first kappa shape index (κ1) is 20.0. The number of hydrogen-bond donors (Lipinski definition) is 2. The molecule has 1 fully saturated rings. The van der Waals surface area contributed by atoms with Crippen LogP contribution in [-0.2, 0) is 14.2 Å². The van der Waals surface area contributed by atoms with Crippen molar-refractivity contribution in [3.05, 3.63) is 71.8 Å². The molecule has 0 radical (unpaired) electrons. The van der Waals surface area contributed by atoms with E-state index in [4.69, 9.17) is 14.2 Å². The van der Waals surface area contributed by atoms with Gasteiger partial charge in [-0.3, -0.25) is 0 Å². The van der Waals surface area contributed by atoms with E-state index in [1.165, 1.54) is 6.92 Å². The van der Waals surface area contributed by atoms with E-state index >= 15 is 0 Å². The van der Waals surface area contributed by atoms with Crippen LogP contribution in [0.15, 0.2) is 60.7 Å². The van der Waals surface area contributed by atoms with Crippen LogP contribution in [0.1, 0.15) is 34.6 Å². The number of aliphatic hydroxyl groups is 2. The lowest BCUT2D eigenvalue weighted by molar-refractivity contribution is -0.173. The lowest BCUT2D eigenvalue weighted by atomic mass is 9.95. The highest BCUT2D eigenvalue weighted by Crippen LogP contribution is 2.35. The largest absolute Gasteiger partial charge is 0.456 e. The molecule has 0 bridgehead atoms. The predicted octanol–water partition coefficient (Wildman–Crippen LogP) is 1.93. The number of carbonyl (C=O) groups excluding carboxylic acids is 2. The van der Waals surface area contributed by atoms with Crippen molar-refractivity contribution in [1.82, 2.24) is 0 Å². The van der Waals surface area contributed by atoms with Gasteiger partial charge in [-0.05, 0) is 38.1 Å². The SMILES string of the molecule is C[C@@H](OC(=O)c1ccccc1)[C@H]1OC(O)[C@](C)(O)[C@H]1OC(=O)c1ccccc1. The van der Waals surface area contributed by atoms with Crippen molar-refractivity contribution in [2.75, 3.05) is 0 Å². The molecule has 148 valence electrons. The van der Waals surface area contributed by atoms with Crippen LogP contribution >= 0.6 is 0 Å². The molecule has 1 unspecified atom stereocenters. The van der Waals surface area contributed by atoms with Gasteiger partial charge < -0.3 is 24.4 Å². The van der Waals surface area contributed by atoms with Gasteiger partial charge in [-0.25, -0.2) is 9.59 Å². The summed E-state index contributed by atoms with van der Waals surface area (Å²) in [4.78, 5) is 24.7. The van der Waals surface area contributed by atoms with Crippen molar-refractivity contribution in [2.24, 2.45) is 0 Å². The Morgan fingerprint density at radius 2 is 1.50 bits per heavy atom. The lowest BCUT2D eigenvalue weighted by Gasteiger charge is -2.29. The maximum Gasteiger partial charge on any atom is 0.338 e. The van der Waals surface area contributed by atoms with Crippen molar-refractivity contribution < 1.29 is 34.0 Å². The minimum atomic E-state index is -1.87. The molecule has 1 saturated heterocycles. The van der Waals surface area contributed by atoms with Crippen LogP contribution in [0.5, 0.6) is 0 Å². The lowest BCUT2D eigenvalue weighted by Crippen LogP contribution is -2.50. The van der Waals surface area contributed by atoms with Crippen LogP contribution < -0.4 is 0 Å². The Morgan fingerprint density at radius 3 is 2.04 bits per heavy atom. The monoisotopic (exact) mass is 386 g/mol. The summed E-state index contributed by atoms with van der Waals surface area (Å²) in [6.07, 6.45) is -4.80. The van der Waals surface area contributed by atoms with Gasteiger partial charge in [0.05, 0.1) is 11.1 Å². The molecular weight excluding hydrogens is 364 g/mol. The summed E-state index contributed by atoms with van der Waals surface area (Å²) in [6, 6.07) is 16.6. The number of aliphatic hydroxyl groups excluding tert-OH is 1. The van der Waals surface area contributed by atoms with Crippen molar-refractivity contribution in [2.45, 2.75) is 44.1 Å². The number of hydrogen-bond acceptors (Lipinski definition) is 7. The Kier molecular flexibility index (Phi) is 5.79. The molecular formula is C21H22O7. The molecule has 0 saturated carbocycles. The van der Waals surface area contributed by atoms with E-state index in [0.717, 1.165) is 0 Å². The number of benzene rings is 2. The first-order valence-corrected chi connectivity index (χ1v) is 8.88. The Morgan fingerprint density at radius 1 is 1.00 bits per heavy atom. The number of esters is 2. The minimum Gasteiger partial charge on any atom is -0.456 e. The van der Waals surface area contributed by atoms with Gasteiger partial charge in [-0.2, -0.15) is 0 Å². The van der Waals surface area contributed by atoms with E-state index in [1.54, 1.807) is 67.6 Å². The van der Waals surface area contributed by atoms with E-state index in [0.29, 0.717) is 5.56 Å². The van der Waals surface area contributed by atoms with Crippen molar-refractivity contribution >= 4 is 11.9 Å². The smallest absolute Gasteiger partial charge is 0.338 e. The topological polar surface area (TPSA) is 102 Å². The van der Waals surface area contributed by atoms with Crippen molar-refractivity contribution in [1.29, 1.82) is 0 Å². The molecule has 2 N–H and O–H groups in total. The fourth-order valence-electron chi connectivity index (χ4n) is 3.01. The maximum absolute atomic E-state index is 12.4. The van der Waals surface area contributed by atoms with E-state index in [1.807, 2.05) is 0 Å². The Balaban J connectivity index is 1.76. The first-order chi connectivity index (χ1) is 13.3. The van der Waals surface area contributed by atoms with Crippen molar-refractivity contribution in [3.63, 3.8) is 0 Å². The summed E-state index contributed by atoms with van der Waals surface area (Å²) in [5.74, 6) is -1.28. The molecule has 5 atom stereocenters. The van der Waals surface area contributed by atoms with Gasteiger partial charge in [0.15, 0.2) is 18.0 Å². The van der Waals surface area contributed by atoms with Crippen LogP contribution in [-0.4, -0.2) is 52.4 Å². The van der Waals surface area contributed by atoms with Crippen molar-refractivity contribution in [3.8, 4) is 0 Å². The third-order valence-corrected chi connectivity index (χ3v) is 4.67. The zero-order valence-electron chi connectivity index (χ0n) is 15.5. The summed E-state index contributed by atoms with van der Waals surface area (Å²) in [7, 11) is 0. The molecule has 0 aliphatic carbocycles. The molecule has 7 heteroatoms. The summed E-state index contributed by atoms with van der Waals surface area (Å²) >= 11 is 0. The van der Waals surface area contributed by atoms with Gasteiger partial charge in [0.1, 0.15) is 12.2 Å². The zero-order valence-corrected chi connectivity index (χ0v) is 15.5. The summed E-state index contributed by atoms with van der Waals surface area (Å²) in [5.41, 5.74) is -1.24. The molecule has 28 heavy (non-hydrogen) atoms. The van der Waals surface area contributed by atoms with Gasteiger partial charge in [0.2, 0.25) is 0 Å². The quantitative estimate of drug-likeness (QED) is 0.757. The minimum absolute atomic E-state index is 0.285. The summed E-state index contributed by atoms with van der Waals surface area (Å²) in [6.45, 7) is 2.84. The average molecular weight is 386 g/mol. The highest BCUT2D eigenvalue weighted by molar-refractivity contribution is 5.90. The second-order valence-corrected chi connectivity index (χ2v) is 6.85.